The normalized spacial score (nSPS) is 13.4. The second-order valence-corrected chi connectivity index (χ2v) is 9.60. The molecule has 1 amide bonds. The van der Waals surface area contributed by atoms with Gasteiger partial charge in [-0.2, -0.15) is 0 Å². The van der Waals surface area contributed by atoms with E-state index in [0.29, 0.717) is 18.3 Å². The summed E-state index contributed by atoms with van der Waals surface area (Å²) in [7, 11) is 0. The fourth-order valence-corrected chi connectivity index (χ4v) is 4.74. The molecule has 1 aliphatic rings. The first-order valence-corrected chi connectivity index (χ1v) is 12.8. The van der Waals surface area contributed by atoms with Gasteiger partial charge in [-0.15, -0.1) is 0 Å². The fourth-order valence-electron chi connectivity index (χ4n) is 4.74. The number of ether oxygens (including phenoxy) is 1. The average Bonchev–Trinajstić information content (AvgIpc) is 3.44. The number of amides is 1. The number of phenols is 1. The first-order valence-electron chi connectivity index (χ1n) is 12.8. The van der Waals surface area contributed by atoms with Crippen molar-refractivity contribution >= 4 is 11.7 Å². The van der Waals surface area contributed by atoms with Crippen molar-refractivity contribution in [3.63, 3.8) is 0 Å². The zero-order valence-corrected chi connectivity index (χ0v) is 20.8. The van der Waals surface area contributed by atoms with Gasteiger partial charge in [-0.1, -0.05) is 68.1 Å². The summed E-state index contributed by atoms with van der Waals surface area (Å²) >= 11 is 0. The van der Waals surface area contributed by atoms with Gasteiger partial charge in [0.2, 0.25) is 5.91 Å². The van der Waals surface area contributed by atoms with Gasteiger partial charge in [0, 0.05) is 5.56 Å². The quantitative estimate of drug-likeness (QED) is 0.284. The van der Waals surface area contributed by atoms with E-state index < -0.39 is 0 Å². The Bertz CT molecular complexity index is 1320. The van der Waals surface area contributed by atoms with Crippen LogP contribution >= 0.6 is 0 Å². The van der Waals surface area contributed by atoms with E-state index in [1.165, 1.54) is 25.7 Å². The van der Waals surface area contributed by atoms with Crippen LogP contribution in [0.5, 0.6) is 11.5 Å². The summed E-state index contributed by atoms with van der Waals surface area (Å²) < 4.78 is 5.92. The molecule has 0 atom stereocenters. The number of rotatable bonds is 9. The number of carbonyl (C=O) groups excluding carboxylic acids is 1. The average molecular weight is 494 g/mol. The van der Waals surface area contributed by atoms with Gasteiger partial charge < -0.3 is 15.2 Å². The van der Waals surface area contributed by atoms with E-state index in [1.807, 2.05) is 54.6 Å². The number of aromatic nitrogens is 2. The topological polar surface area (TPSA) is 84.3 Å². The van der Waals surface area contributed by atoms with Gasteiger partial charge in [-0.3, -0.25) is 4.79 Å². The summed E-state index contributed by atoms with van der Waals surface area (Å²) in [6.07, 6.45) is 7.56. The molecule has 2 N–H and O–H groups in total. The highest BCUT2D eigenvalue weighted by atomic mass is 16.5. The molecule has 1 saturated carbocycles. The minimum Gasteiger partial charge on any atom is -0.508 e. The predicted octanol–water partition coefficient (Wildman–Crippen LogP) is 6.34. The fraction of sp³-hybridized carbons (Fsp3) is 0.258. The van der Waals surface area contributed by atoms with Gasteiger partial charge in [-0.25, -0.2) is 9.97 Å². The molecule has 0 saturated heterocycles. The zero-order chi connectivity index (χ0) is 25.5. The summed E-state index contributed by atoms with van der Waals surface area (Å²) in [5.41, 5.74) is 4.50. The van der Waals surface area contributed by atoms with Crippen molar-refractivity contribution in [2.24, 2.45) is 5.92 Å². The molecule has 0 aliphatic heterocycles. The van der Waals surface area contributed by atoms with Crippen LogP contribution in [-0.4, -0.2) is 21.0 Å². The maximum absolute atomic E-state index is 12.8. The van der Waals surface area contributed by atoms with E-state index in [9.17, 15) is 9.90 Å². The van der Waals surface area contributed by atoms with E-state index in [-0.39, 0.29) is 18.1 Å². The molecular weight excluding hydrogens is 462 g/mol. The Morgan fingerprint density at radius 1 is 0.919 bits per heavy atom. The largest absolute Gasteiger partial charge is 0.508 e. The Hall–Kier alpha value is -4.19. The molecule has 4 aromatic rings. The molecule has 1 aromatic heterocycles. The first kappa shape index (κ1) is 24.5. The Morgan fingerprint density at radius 3 is 2.38 bits per heavy atom. The molecule has 1 aliphatic carbocycles. The number of phenolic OH excluding ortho intramolecular Hbond substituents is 1. The molecule has 37 heavy (non-hydrogen) atoms. The first-order chi connectivity index (χ1) is 18.1. The summed E-state index contributed by atoms with van der Waals surface area (Å²) in [5, 5.41) is 12.5. The molecular formula is C31H31N3O3. The van der Waals surface area contributed by atoms with Crippen LogP contribution in [0.1, 0.15) is 42.5 Å². The van der Waals surface area contributed by atoms with Crippen LogP contribution in [0.2, 0.25) is 0 Å². The number of hydrogen-bond donors (Lipinski definition) is 2. The minimum atomic E-state index is -0.152. The molecule has 1 heterocycles. The van der Waals surface area contributed by atoms with Crippen molar-refractivity contribution in [3.8, 4) is 22.8 Å². The molecule has 0 radical (unpaired) electrons. The maximum atomic E-state index is 12.8. The zero-order valence-electron chi connectivity index (χ0n) is 20.8. The summed E-state index contributed by atoms with van der Waals surface area (Å²) in [6, 6.07) is 24.6. The highest BCUT2D eigenvalue weighted by Crippen LogP contribution is 2.30. The molecule has 5 rings (SSSR count). The Morgan fingerprint density at radius 2 is 1.65 bits per heavy atom. The number of nitrogens with zero attached hydrogens (tertiary/aromatic N) is 2. The molecule has 188 valence electrons. The Kier molecular flexibility index (Phi) is 7.75. The molecule has 0 spiro atoms. The molecule has 0 bridgehead atoms. The lowest BCUT2D eigenvalue weighted by Crippen LogP contribution is -2.18. The van der Waals surface area contributed by atoms with Gasteiger partial charge >= 0.3 is 0 Å². The van der Waals surface area contributed by atoms with Crippen molar-refractivity contribution in [3.05, 3.63) is 102 Å². The van der Waals surface area contributed by atoms with Gasteiger partial charge in [0.25, 0.3) is 0 Å². The summed E-state index contributed by atoms with van der Waals surface area (Å²) in [6.45, 7) is 0.518. The van der Waals surface area contributed by atoms with Crippen LogP contribution in [0.3, 0.4) is 0 Å². The van der Waals surface area contributed by atoms with E-state index >= 15 is 0 Å². The molecule has 0 unspecified atom stereocenters. The minimum absolute atomic E-state index is 0.152. The van der Waals surface area contributed by atoms with Crippen LogP contribution < -0.4 is 10.1 Å². The highest BCUT2D eigenvalue weighted by Gasteiger charge is 2.20. The summed E-state index contributed by atoms with van der Waals surface area (Å²) in [4.78, 5) is 22.3. The Balaban J connectivity index is 1.30. The predicted molar refractivity (Wildman–Crippen MR) is 144 cm³/mol. The third-order valence-electron chi connectivity index (χ3n) is 6.76. The number of aromatic hydroxyl groups is 1. The van der Waals surface area contributed by atoms with Gasteiger partial charge in [-0.05, 0) is 59.9 Å². The lowest BCUT2D eigenvalue weighted by atomic mass is 10.0. The van der Waals surface area contributed by atoms with Gasteiger partial charge in [0.05, 0.1) is 24.0 Å². The van der Waals surface area contributed by atoms with Crippen LogP contribution in [0.25, 0.3) is 11.3 Å². The molecule has 3 aromatic carbocycles. The monoisotopic (exact) mass is 493 g/mol. The van der Waals surface area contributed by atoms with E-state index in [1.54, 1.807) is 30.5 Å². The van der Waals surface area contributed by atoms with E-state index in [2.05, 4.69) is 10.3 Å². The molecule has 6 heteroatoms. The maximum Gasteiger partial charge on any atom is 0.229 e. The number of anilines is 1. The lowest BCUT2D eigenvalue weighted by molar-refractivity contribution is -0.115. The summed E-state index contributed by atoms with van der Waals surface area (Å²) in [5.74, 6) is 1.92. The van der Waals surface area contributed by atoms with Crippen LogP contribution in [-0.2, 0) is 24.2 Å². The number of benzene rings is 3. The second kappa shape index (κ2) is 11.7. The number of hydrogen-bond acceptors (Lipinski definition) is 5. The van der Waals surface area contributed by atoms with Crippen molar-refractivity contribution in [1.29, 1.82) is 0 Å². The number of nitrogens with one attached hydrogen (secondary N) is 1. The van der Waals surface area contributed by atoms with Crippen molar-refractivity contribution in [2.45, 2.75) is 45.1 Å². The molecule has 1 fully saturated rings. The van der Waals surface area contributed by atoms with E-state index in [4.69, 9.17) is 9.72 Å². The molecule has 6 nitrogen and oxygen atoms in total. The second-order valence-electron chi connectivity index (χ2n) is 9.60. The Labute approximate surface area is 217 Å². The standard InChI is InChI=1S/C31H31N3O3/c35-26-14-10-23(11-15-26)19-30(36)34-31-28(18-22-6-4-5-7-22)33-29(20-32-31)25-12-16-27(17-13-25)37-21-24-8-2-1-3-9-24/h1-3,8-17,20,22,35H,4-7,18-19,21H2,(H,32,34,36). The van der Waals surface area contributed by atoms with Crippen molar-refractivity contribution in [1.82, 2.24) is 9.97 Å². The SMILES string of the molecule is O=C(Cc1ccc(O)cc1)Nc1ncc(-c2ccc(OCc3ccccc3)cc2)nc1CC1CCCC1. The van der Waals surface area contributed by atoms with Gasteiger partial charge in [0.1, 0.15) is 18.1 Å². The number of carbonyl (C=O) groups is 1. The van der Waals surface area contributed by atoms with Crippen LogP contribution in [0, 0.1) is 5.92 Å². The lowest BCUT2D eigenvalue weighted by Gasteiger charge is -2.15. The third-order valence-corrected chi connectivity index (χ3v) is 6.76. The van der Waals surface area contributed by atoms with Crippen LogP contribution in [0.15, 0.2) is 85.1 Å². The van der Waals surface area contributed by atoms with Crippen molar-refractivity contribution < 1.29 is 14.6 Å². The highest BCUT2D eigenvalue weighted by molar-refractivity contribution is 5.92. The third kappa shape index (κ3) is 6.73. The van der Waals surface area contributed by atoms with E-state index in [0.717, 1.165) is 40.2 Å². The van der Waals surface area contributed by atoms with Crippen LogP contribution in [0.4, 0.5) is 5.82 Å². The van der Waals surface area contributed by atoms with Gasteiger partial charge in [0.15, 0.2) is 5.82 Å². The smallest absolute Gasteiger partial charge is 0.229 e. The van der Waals surface area contributed by atoms with Crippen molar-refractivity contribution in [2.75, 3.05) is 5.32 Å².